The molecule has 0 unspecified atom stereocenters. The van der Waals surface area contributed by atoms with Crippen molar-refractivity contribution in [2.24, 2.45) is 23.8 Å². The lowest BCUT2D eigenvalue weighted by Gasteiger charge is -2.28. The molecule has 0 radical (unpaired) electrons. The van der Waals surface area contributed by atoms with Crippen molar-refractivity contribution in [1.82, 2.24) is 0 Å². The molecule has 0 atom stereocenters. The summed E-state index contributed by atoms with van der Waals surface area (Å²) in [6, 6.07) is 19.3. The third-order valence-electron chi connectivity index (χ3n) is 8.49. The fourth-order valence-electron chi connectivity index (χ4n) is 6.96. The molecule has 0 aliphatic carbocycles. The fourth-order valence-corrected chi connectivity index (χ4v) is 8.33. The molecule has 5 aromatic rings. The summed E-state index contributed by atoms with van der Waals surface area (Å²) in [5.41, 5.74) is 9.06. The van der Waals surface area contributed by atoms with Gasteiger partial charge in [0.05, 0.1) is 10.9 Å². The molecule has 0 amide bonds. The van der Waals surface area contributed by atoms with E-state index >= 15 is 0 Å². The molecule has 0 fully saturated rings. The monoisotopic (exact) mass is 560 g/mol. The molecule has 6 rings (SSSR count). The first-order valence-electron chi connectivity index (χ1n) is 15.3. The number of hydrogen-bond donors (Lipinski definition) is 0. The minimum Gasteiger partial charge on any atom is -0.200 e. The van der Waals surface area contributed by atoms with Gasteiger partial charge in [-0.2, -0.15) is 0 Å². The minimum atomic E-state index is 0.189. The van der Waals surface area contributed by atoms with Gasteiger partial charge < -0.3 is 0 Å². The van der Waals surface area contributed by atoms with Crippen molar-refractivity contribution >= 4 is 44.1 Å². The Bertz CT molecular complexity index is 1840. The molecule has 212 valence electrons. The number of aryl methyl sites for hydroxylation is 2. The zero-order chi connectivity index (χ0) is 29.4. The molecule has 4 aromatic carbocycles. The van der Waals surface area contributed by atoms with Gasteiger partial charge in [-0.25, -0.2) is 4.57 Å². The number of pyridine rings is 1. The molecule has 1 aromatic heterocycles. The van der Waals surface area contributed by atoms with Crippen molar-refractivity contribution in [3.8, 4) is 11.3 Å². The third-order valence-corrected chi connectivity index (χ3v) is 9.68. The molecular weight excluding hydrogens is 515 g/mol. The van der Waals surface area contributed by atoms with E-state index in [2.05, 4.69) is 129 Å². The highest BCUT2D eigenvalue weighted by Gasteiger charge is 2.33. The van der Waals surface area contributed by atoms with Crippen molar-refractivity contribution in [3.63, 3.8) is 0 Å². The maximum atomic E-state index is 2.50. The summed E-state index contributed by atoms with van der Waals surface area (Å²) >= 11 is 2.01. The molecule has 1 aliphatic rings. The van der Waals surface area contributed by atoms with Crippen molar-refractivity contribution in [2.75, 3.05) is 0 Å². The zero-order valence-electron chi connectivity index (χ0n) is 26.8. The van der Waals surface area contributed by atoms with Crippen molar-refractivity contribution in [3.05, 3.63) is 77.0 Å². The van der Waals surface area contributed by atoms with Crippen LogP contribution >= 0.6 is 11.8 Å². The Morgan fingerprint density at radius 1 is 0.756 bits per heavy atom. The Balaban J connectivity index is 1.70. The number of nitrogens with zero attached hydrogens (tertiary/aromatic N) is 1. The van der Waals surface area contributed by atoms with E-state index in [1.807, 2.05) is 11.8 Å². The van der Waals surface area contributed by atoms with E-state index in [-0.39, 0.29) is 10.8 Å². The molecular formula is C39H46NS+. The molecule has 1 nitrogen and oxygen atoms in total. The molecule has 0 saturated carbocycles. The fraction of sp³-hybridized carbons (Fsp3) is 0.410. The predicted molar refractivity (Wildman–Crippen MR) is 179 cm³/mol. The van der Waals surface area contributed by atoms with E-state index in [9.17, 15) is 0 Å². The highest BCUT2D eigenvalue weighted by Crippen LogP contribution is 2.53. The number of hydrogen-bond acceptors (Lipinski definition) is 1. The average Bonchev–Trinajstić information content (AvgIpc) is 2.86. The summed E-state index contributed by atoms with van der Waals surface area (Å²) in [4.78, 5) is 2.85. The molecule has 2 heterocycles. The van der Waals surface area contributed by atoms with Gasteiger partial charge in [0, 0.05) is 21.2 Å². The first-order chi connectivity index (χ1) is 19.2. The van der Waals surface area contributed by atoms with Crippen LogP contribution in [-0.4, -0.2) is 0 Å². The summed E-state index contributed by atoms with van der Waals surface area (Å²) in [7, 11) is 2.24. The van der Waals surface area contributed by atoms with Gasteiger partial charge in [-0.3, -0.25) is 0 Å². The number of benzene rings is 4. The lowest BCUT2D eigenvalue weighted by Crippen LogP contribution is -2.32. The second-order valence-corrected chi connectivity index (χ2v) is 16.4. The van der Waals surface area contributed by atoms with E-state index < -0.39 is 0 Å². The lowest BCUT2D eigenvalue weighted by molar-refractivity contribution is -0.659. The van der Waals surface area contributed by atoms with Gasteiger partial charge >= 0.3 is 0 Å². The summed E-state index contributed by atoms with van der Waals surface area (Å²) in [6.07, 6.45) is 5.54. The van der Waals surface area contributed by atoms with E-state index in [1.54, 1.807) is 0 Å². The van der Waals surface area contributed by atoms with Crippen LogP contribution in [0.5, 0.6) is 0 Å². The van der Waals surface area contributed by atoms with Crippen LogP contribution in [0.2, 0.25) is 0 Å². The Hall–Kier alpha value is -2.84. The Morgan fingerprint density at radius 3 is 2.12 bits per heavy atom. The van der Waals surface area contributed by atoms with E-state index in [0.29, 0.717) is 5.92 Å². The minimum absolute atomic E-state index is 0.189. The molecule has 0 bridgehead atoms. The van der Waals surface area contributed by atoms with Gasteiger partial charge in [0.15, 0.2) is 6.20 Å². The Labute approximate surface area is 251 Å². The molecule has 0 N–H and O–H groups in total. The SMILES string of the molecule is Cc1c2c(c(CC(C)(C)C)c3ccc(CC(C)C)cc13)Sc1cc3ccc(CC(C)(C)C)cc3c3cc[n+](C)c-2c13. The van der Waals surface area contributed by atoms with Crippen LogP contribution in [0.1, 0.15) is 77.6 Å². The van der Waals surface area contributed by atoms with Gasteiger partial charge in [0.2, 0.25) is 5.69 Å². The normalized spacial score (nSPS) is 13.5. The van der Waals surface area contributed by atoms with Crippen molar-refractivity contribution in [2.45, 2.75) is 91.4 Å². The van der Waals surface area contributed by atoms with Crippen LogP contribution in [0.4, 0.5) is 0 Å². The maximum Gasteiger partial charge on any atom is 0.222 e. The smallest absolute Gasteiger partial charge is 0.200 e. The van der Waals surface area contributed by atoms with E-state index in [0.717, 1.165) is 19.3 Å². The number of aromatic nitrogens is 1. The zero-order valence-corrected chi connectivity index (χ0v) is 27.6. The molecule has 1 aliphatic heterocycles. The Kier molecular flexibility index (Phi) is 6.81. The van der Waals surface area contributed by atoms with E-state index in [4.69, 9.17) is 0 Å². The molecule has 0 saturated heterocycles. The van der Waals surface area contributed by atoms with Crippen molar-refractivity contribution in [1.29, 1.82) is 0 Å². The third kappa shape index (κ3) is 5.18. The van der Waals surface area contributed by atoms with Gasteiger partial charge in [0.1, 0.15) is 7.05 Å². The highest BCUT2D eigenvalue weighted by molar-refractivity contribution is 8.00. The van der Waals surface area contributed by atoms with Crippen molar-refractivity contribution < 1.29 is 4.57 Å². The standard InChI is InChI=1S/C39H46NS/c1-23(2)17-25-12-14-28-30(18-25)24(3)34-36-35-29(15-16-40(36)10)31-19-26(21-38(4,5)6)11-13-27(31)20-33(35)41-37(34)32(28)22-39(7,8)9/h11-16,18-20,23H,17,21-22H2,1-10H3/q+1. The van der Waals surface area contributed by atoms with Crippen LogP contribution in [0, 0.1) is 23.7 Å². The summed E-state index contributed by atoms with van der Waals surface area (Å²) in [5.74, 6) is 0.643. The molecule has 41 heavy (non-hydrogen) atoms. The van der Waals surface area contributed by atoms with Crippen LogP contribution in [0.15, 0.2) is 64.5 Å². The van der Waals surface area contributed by atoms with E-state index in [1.165, 1.54) is 75.6 Å². The predicted octanol–water partition coefficient (Wildman–Crippen LogP) is 10.8. The number of rotatable bonds is 4. The van der Waals surface area contributed by atoms with Gasteiger partial charge in [-0.05, 0) is 92.8 Å². The molecule has 2 heteroatoms. The summed E-state index contributed by atoms with van der Waals surface area (Å²) < 4.78 is 2.38. The van der Waals surface area contributed by atoms with Crippen LogP contribution in [0.25, 0.3) is 43.6 Å². The van der Waals surface area contributed by atoms with Crippen LogP contribution < -0.4 is 4.57 Å². The van der Waals surface area contributed by atoms with Crippen LogP contribution in [-0.2, 0) is 26.3 Å². The second kappa shape index (κ2) is 9.87. The lowest BCUT2D eigenvalue weighted by atomic mass is 9.82. The van der Waals surface area contributed by atoms with Crippen LogP contribution in [0.3, 0.4) is 0 Å². The summed E-state index contributed by atoms with van der Waals surface area (Å²) in [5, 5.41) is 8.37. The largest absolute Gasteiger partial charge is 0.222 e. The second-order valence-electron chi connectivity index (χ2n) is 15.4. The molecule has 0 spiro atoms. The van der Waals surface area contributed by atoms with Gasteiger partial charge in [0.25, 0.3) is 0 Å². The Morgan fingerprint density at radius 2 is 1.44 bits per heavy atom. The highest BCUT2D eigenvalue weighted by atomic mass is 32.2. The maximum absolute atomic E-state index is 2.50. The van der Waals surface area contributed by atoms with Gasteiger partial charge in [-0.1, -0.05) is 104 Å². The van der Waals surface area contributed by atoms with Gasteiger partial charge in [-0.15, -0.1) is 0 Å². The first kappa shape index (κ1) is 28.3. The summed E-state index contributed by atoms with van der Waals surface area (Å²) in [6.45, 7) is 21.1. The topological polar surface area (TPSA) is 3.88 Å². The first-order valence-corrected chi connectivity index (χ1v) is 16.2. The number of fused-ring (bicyclic) bond motifs is 5. The quantitative estimate of drug-likeness (QED) is 0.153. The average molecular weight is 561 g/mol.